The molecule has 0 aliphatic carbocycles. The number of phenols is 1. The average molecular weight is 381 g/mol. The lowest BCUT2D eigenvalue weighted by Gasteiger charge is -2.31. The third-order valence-corrected chi connectivity index (χ3v) is 3.71. The molecule has 0 radical (unpaired) electrons. The minimum absolute atomic E-state index is 0.290. The number of anilines is 1. The highest BCUT2D eigenvalue weighted by atomic mass is 19.3. The molecule has 0 aromatic heterocycles. The third kappa shape index (κ3) is 2.34. The molecule has 2 aromatic carbocycles. The molecule has 0 atom stereocenters. The van der Waals surface area contributed by atoms with E-state index in [0.29, 0.717) is 17.0 Å². The summed E-state index contributed by atoms with van der Waals surface area (Å²) in [7, 11) is 0.856. The monoisotopic (exact) mass is 381 g/mol. The van der Waals surface area contributed by atoms with Gasteiger partial charge in [-0.3, -0.25) is 4.79 Å². The Morgan fingerprint density at radius 2 is 1.62 bits per heavy atom. The number of hydrogen-bond donors (Lipinski definition) is 1. The van der Waals surface area contributed by atoms with Crippen molar-refractivity contribution in [1.82, 2.24) is 0 Å². The number of rotatable bonds is 1. The van der Waals surface area contributed by atoms with Crippen LogP contribution in [0.2, 0.25) is 0 Å². The van der Waals surface area contributed by atoms with Crippen LogP contribution in [0.4, 0.5) is 36.4 Å². The molecule has 138 valence electrons. The topological polar surface area (TPSA) is 49.8 Å². The van der Waals surface area contributed by atoms with Crippen LogP contribution in [0, 0.1) is 29.1 Å². The van der Waals surface area contributed by atoms with Crippen LogP contribution in [0.1, 0.15) is 0 Å². The van der Waals surface area contributed by atoms with Gasteiger partial charge in [0.15, 0.2) is 29.0 Å². The highest BCUT2D eigenvalue weighted by Gasteiger charge is 2.49. The fourth-order valence-corrected chi connectivity index (χ4v) is 2.42. The van der Waals surface area contributed by atoms with Crippen molar-refractivity contribution < 1.29 is 45.4 Å². The fraction of sp³-hybridized carbons (Fsp3) is 0.133. The lowest BCUT2D eigenvalue weighted by Crippen LogP contribution is -2.49. The Labute approximate surface area is 140 Å². The minimum atomic E-state index is -4.30. The van der Waals surface area contributed by atoms with Crippen LogP contribution >= 0.6 is 0 Å². The van der Waals surface area contributed by atoms with E-state index in [4.69, 9.17) is 0 Å². The number of benzene rings is 2. The Morgan fingerprint density at radius 3 is 2.23 bits per heavy atom. The van der Waals surface area contributed by atoms with Gasteiger partial charge in [-0.15, -0.1) is 0 Å². The highest BCUT2D eigenvalue weighted by Crippen LogP contribution is 2.44. The van der Waals surface area contributed by atoms with Crippen molar-refractivity contribution in [3.63, 3.8) is 0 Å². The molecule has 0 saturated heterocycles. The number of nitrogens with zero attached hydrogens (tertiary/aromatic N) is 1. The number of carbonyl (C=O) groups excluding carboxylic acids is 1. The lowest BCUT2D eigenvalue weighted by molar-refractivity contribution is -0.192. The summed E-state index contributed by atoms with van der Waals surface area (Å²) in [5.41, 5.74) is -3.05. The molecule has 0 bridgehead atoms. The number of amides is 1. The Balaban J connectivity index is 2.30. The molecule has 0 saturated carbocycles. The van der Waals surface area contributed by atoms with E-state index in [2.05, 4.69) is 4.74 Å². The minimum Gasteiger partial charge on any atom is -0.503 e. The number of ether oxygens (including phenoxy) is 1. The van der Waals surface area contributed by atoms with Gasteiger partial charge in [0.05, 0.1) is 11.3 Å². The average Bonchev–Trinajstić information content (AvgIpc) is 2.57. The predicted molar refractivity (Wildman–Crippen MR) is 72.3 cm³/mol. The van der Waals surface area contributed by atoms with Gasteiger partial charge in [0.1, 0.15) is 5.82 Å². The number of carbonyl (C=O) groups is 1. The van der Waals surface area contributed by atoms with Gasteiger partial charge in [-0.1, -0.05) is 0 Å². The van der Waals surface area contributed by atoms with Gasteiger partial charge in [-0.05, 0) is 6.07 Å². The molecule has 1 amide bonds. The first-order chi connectivity index (χ1) is 12.0. The summed E-state index contributed by atoms with van der Waals surface area (Å²) in [4.78, 5) is 11.8. The Kier molecular flexibility index (Phi) is 3.78. The maximum Gasteiger partial charge on any atom is 0.482 e. The van der Waals surface area contributed by atoms with Gasteiger partial charge in [0, 0.05) is 18.7 Å². The molecule has 11 heteroatoms. The zero-order chi connectivity index (χ0) is 19.5. The largest absolute Gasteiger partial charge is 0.503 e. The Morgan fingerprint density at radius 1 is 1.00 bits per heavy atom. The SMILES string of the molecule is CN1C(=O)C(F)(F)Oc2cc(F)c(-c3c(F)c(O)c(F)c(F)c3F)cc21. The van der Waals surface area contributed by atoms with Gasteiger partial charge in [-0.2, -0.15) is 13.2 Å². The van der Waals surface area contributed by atoms with Crippen LogP contribution in [-0.4, -0.2) is 24.2 Å². The van der Waals surface area contributed by atoms with Crippen molar-refractivity contribution in [1.29, 1.82) is 0 Å². The van der Waals surface area contributed by atoms with E-state index in [1.807, 2.05) is 0 Å². The zero-order valence-corrected chi connectivity index (χ0v) is 12.5. The van der Waals surface area contributed by atoms with Crippen molar-refractivity contribution in [3.05, 3.63) is 41.2 Å². The van der Waals surface area contributed by atoms with Crippen molar-refractivity contribution in [3.8, 4) is 22.6 Å². The quantitative estimate of drug-likeness (QED) is 0.466. The molecule has 26 heavy (non-hydrogen) atoms. The van der Waals surface area contributed by atoms with E-state index in [1.54, 1.807) is 0 Å². The first kappa shape index (κ1) is 17.8. The predicted octanol–water partition coefficient (Wildman–Crippen LogP) is 3.70. The van der Waals surface area contributed by atoms with Crippen LogP contribution in [-0.2, 0) is 4.79 Å². The van der Waals surface area contributed by atoms with E-state index in [-0.39, 0.29) is 0 Å². The Bertz CT molecular complexity index is 932. The molecule has 2 aromatic rings. The van der Waals surface area contributed by atoms with E-state index in [0.717, 1.165) is 7.05 Å². The van der Waals surface area contributed by atoms with Crippen molar-refractivity contribution in [2.75, 3.05) is 11.9 Å². The van der Waals surface area contributed by atoms with Gasteiger partial charge < -0.3 is 14.7 Å². The molecule has 3 rings (SSSR count). The molecule has 0 spiro atoms. The second kappa shape index (κ2) is 5.51. The number of hydrogen-bond acceptors (Lipinski definition) is 3. The number of alkyl halides is 2. The summed E-state index contributed by atoms with van der Waals surface area (Å²) < 4.78 is 99.6. The van der Waals surface area contributed by atoms with Crippen molar-refractivity contribution >= 4 is 11.6 Å². The highest BCUT2D eigenvalue weighted by molar-refractivity contribution is 6.01. The van der Waals surface area contributed by atoms with Crippen LogP contribution in [0.5, 0.6) is 11.5 Å². The molecule has 0 fully saturated rings. The molecule has 1 aliphatic heterocycles. The molecule has 1 aliphatic rings. The van der Waals surface area contributed by atoms with Gasteiger partial charge in [0.25, 0.3) is 0 Å². The maximum atomic E-state index is 14.2. The number of fused-ring (bicyclic) bond motifs is 1. The third-order valence-electron chi connectivity index (χ3n) is 3.71. The Hall–Kier alpha value is -2.98. The lowest BCUT2D eigenvalue weighted by atomic mass is 10.0. The summed E-state index contributed by atoms with van der Waals surface area (Å²) >= 11 is 0. The molecular formula is C15H6F7NO3. The summed E-state index contributed by atoms with van der Waals surface area (Å²) in [5, 5.41) is 9.18. The van der Waals surface area contributed by atoms with E-state index in [9.17, 15) is 40.6 Å². The number of phenolic OH excluding ortho intramolecular Hbond substituents is 1. The van der Waals surface area contributed by atoms with Gasteiger partial charge in [-0.25, -0.2) is 17.6 Å². The van der Waals surface area contributed by atoms with Crippen LogP contribution < -0.4 is 9.64 Å². The van der Waals surface area contributed by atoms with Crippen LogP contribution in [0.25, 0.3) is 11.1 Å². The van der Waals surface area contributed by atoms with Crippen LogP contribution in [0.3, 0.4) is 0 Å². The first-order valence-corrected chi connectivity index (χ1v) is 6.71. The molecule has 1 heterocycles. The van der Waals surface area contributed by atoms with Crippen LogP contribution in [0.15, 0.2) is 12.1 Å². The molecule has 0 unspecified atom stereocenters. The number of likely N-dealkylation sites (N-methyl/N-ethyl adjacent to an activating group) is 1. The van der Waals surface area contributed by atoms with E-state index >= 15 is 0 Å². The summed E-state index contributed by atoms with van der Waals surface area (Å²) in [5.74, 6) is -14.8. The standard InChI is InChI=1S/C15H6F7NO3/c1-23-6-2-4(5(16)3-7(6)26-15(21,22)14(23)25)8-9(17)11(19)12(20)13(24)10(8)18/h2-3,24H,1H3. The number of halogens is 7. The summed E-state index contributed by atoms with van der Waals surface area (Å²) in [6.07, 6.45) is -4.30. The summed E-state index contributed by atoms with van der Waals surface area (Å²) in [6, 6.07) is 0.814. The van der Waals surface area contributed by atoms with Gasteiger partial charge >= 0.3 is 12.0 Å². The van der Waals surface area contributed by atoms with Crippen molar-refractivity contribution in [2.24, 2.45) is 0 Å². The summed E-state index contributed by atoms with van der Waals surface area (Å²) in [6.45, 7) is 0. The van der Waals surface area contributed by atoms with Gasteiger partial charge in [0.2, 0.25) is 5.82 Å². The van der Waals surface area contributed by atoms with E-state index < -0.39 is 69.4 Å². The second-order valence-electron chi connectivity index (χ2n) is 5.26. The number of aromatic hydroxyl groups is 1. The zero-order valence-electron chi connectivity index (χ0n) is 12.5. The smallest absolute Gasteiger partial charge is 0.482 e. The fourth-order valence-electron chi connectivity index (χ4n) is 2.42. The molecule has 1 N–H and O–H groups in total. The first-order valence-electron chi connectivity index (χ1n) is 6.71. The molecular weight excluding hydrogens is 375 g/mol. The van der Waals surface area contributed by atoms with E-state index in [1.165, 1.54) is 0 Å². The maximum absolute atomic E-state index is 14.2. The normalized spacial score (nSPS) is 15.7. The molecule has 4 nitrogen and oxygen atoms in total. The second-order valence-corrected chi connectivity index (χ2v) is 5.26. The van der Waals surface area contributed by atoms with Crippen molar-refractivity contribution in [2.45, 2.75) is 6.11 Å².